The van der Waals surface area contributed by atoms with E-state index in [1.165, 1.54) is 12.1 Å². The Labute approximate surface area is 169 Å². The van der Waals surface area contributed by atoms with E-state index < -0.39 is 0 Å². The molecule has 1 fully saturated rings. The lowest BCUT2D eigenvalue weighted by molar-refractivity contribution is 0.0744. The molecule has 0 bridgehead atoms. The van der Waals surface area contributed by atoms with Crippen LogP contribution < -0.4 is 9.64 Å². The number of anilines is 1. The smallest absolute Gasteiger partial charge is 0.256 e. The van der Waals surface area contributed by atoms with Gasteiger partial charge in [0.2, 0.25) is 0 Å². The van der Waals surface area contributed by atoms with Crippen LogP contribution >= 0.6 is 0 Å². The zero-order valence-electron chi connectivity index (χ0n) is 16.8. The number of amides is 1. The number of pyridine rings is 1. The van der Waals surface area contributed by atoms with E-state index in [0.29, 0.717) is 24.4 Å². The molecular formula is C22H26FN3O3. The molecule has 1 N–H and O–H groups in total. The van der Waals surface area contributed by atoms with E-state index in [4.69, 9.17) is 9.72 Å². The summed E-state index contributed by atoms with van der Waals surface area (Å²) in [6.07, 6.45) is 1.79. The summed E-state index contributed by atoms with van der Waals surface area (Å²) in [6, 6.07) is 6.14. The molecule has 6 nitrogen and oxygen atoms in total. The average molecular weight is 399 g/mol. The minimum Gasteiger partial charge on any atom is -0.490 e. The third-order valence-electron chi connectivity index (χ3n) is 5.87. The number of piperidine rings is 1. The van der Waals surface area contributed by atoms with E-state index in [9.17, 15) is 14.3 Å². The van der Waals surface area contributed by atoms with Crippen LogP contribution in [0.15, 0.2) is 24.3 Å². The van der Waals surface area contributed by atoms with E-state index in [1.54, 1.807) is 17.0 Å². The lowest BCUT2D eigenvalue weighted by atomic mass is 10.0. The SMILES string of the molecule is Cc1c(N2CCC(Oc3ccc(F)cc3)CC2)nc2c(c1C)C(=O)N(CCO)C2. The molecule has 0 radical (unpaired) electrons. The Hall–Kier alpha value is -2.67. The molecule has 29 heavy (non-hydrogen) atoms. The van der Waals surface area contributed by atoms with Crippen molar-refractivity contribution in [3.8, 4) is 5.75 Å². The van der Waals surface area contributed by atoms with Crippen LogP contribution in [0.25, 0.3) is 0 Å². The topological polar surface area (TPSA) is 65.9 Å². The van der Waals surface area contributed by atoms with Crippen LogP contribution in [0, 0.1) is 19.7 Å². The van der Waals surface area contributed by atoms with Crippen LogP contribution in [0.4, 0.5) is 10.2 Å². The molecule has 1 aromatic heterocycles. The predicted molar refractivity (Wildman–Crippen MR) is 108 cm³/mol. The Bertz CT molecular complexity index is 909. The molecule has 3 heterocycles. The second-order valence-corrected chi connectivity index (χ2v) is 7.72. The van der Waals surface area contributed by atoms with Gasteiger partial charge in [0.25, 0.3) is 5.91 Å². The maximum atomic E-state index is 13.1. The molecule has 1 amide bonds. The van der Waals surface area contributed by atoms with Gasteiger partial charge in [0.05, 0.1) is 24.4 Å². The zero-order chi connectivity index (χ0) is 20.5. The summed E-state index contributed by atoms with van der Waals surface area (Å²) >= 11 is 0. The van der Waals surface area contributed by atoms with Crippen molar-refractivity contribution >= 4 is 11.7 Å². The van der Waals surface area contributed by atoms with Crippen molar-refractivity contribution in [2.75, 3.05) is 31.1 Å². The standard InChI is InChI=1S/C22H26FN3O3/c1-14-15(2)21(24-19-13-26(11-12-27)22(28)20(14)19)25-9-7-18(8-10-25)29-17-5-3-16(23)4-6-17/h3-6,18,27H,7-13H2,1-2H3. The summed E-state index contributed by atoms with van der Waals surface area (Å²) < 4.78 is 19.0. The zero-order valence-corrected chi connectivity index (χ0v) is 16.8. The van der Waals surface area contributed by atoms with Gasteiger partial charge in [0.1, 0.15) is 23.5 Å². The van der Waals surface area contributed by atoms with Gasteiger partial charge in [-0.15, -0.1) is 0 Å². The Morgan fingerprint density at radius 2 is 1.86 bits per heavy atom. The third kappa shape index (κ3) is 3.79. The van der Waals surface area contributed by atoms with Gasteiger partial charge in [0.15, 0.2) is 0 Å². The third-order valence-corrected chi connectivity index (χ3v) is 5.87. The van der Waals surface area contributed by atoms with Crippen molar-refractivity contribution in [1.82, 2.24) is 9.88 Å². The van der Waals surface area contributed by atoms with E-state index >= 15 is 0 Å². The normalized spacial score (nSPS) is 17.0. The number of halogens is 1. The highest BCUT2D eigenvalue weighted by Gasteiger charge is 2.33. The number of benzene rings is 1. The molecule has 1 aromatic carbocycles. The van der Waals surface area contributed by atoms with Gasteiger partial charge in [-0.25, -0.2) is 9.37 Å². The van der Waals surface area contributed by atoms with Crippen LogP contribution in [0.1, 0.15) is 40.0 Å². The molecular weight excluding hydrogens is 373 g/mol. The minimum atomic E-state index is -0.267. The van der Waals surface area contributed by atoms with Crippen LogP contribution in [-0.2, 0) is 6.54 Å². The van der Waals surface area contributed by atoms with E-state index in [1.807, 2.05) is 13.8 Å². The second kappa shape index (κ2) is 7.99. The molecule has 0 unspecified atom stereocenters. The molecule has 1 saturated heterocycles. The second-order valence-electron chi connectivity index (χ2n) is 7.72. The number of aliphatic hydroxyl groups excluding tert-OH is 1. The van der Waals surface area contributed by atoms with Crippen molar-refractivity contribution in [3.63, 3.8) is 0 Å². The quantitative estimate of drug-likeness (QED) is 0.838. The van der Waals surface area contributed by atoms with Crippen LogP contribution in [0.2, 0.25) is 0 Å². The molecule has 154 valence electrons. The summed E-state index contributed by atoms with van der Waals surface area (Å²) in [5.74, 6) is 1.31. The number of fused-ring (bicyclic) bond motifs is 1. The molecule has 2 aromatic rings. The number of aliphatic hydroxyl groups is 1. The first-order valence-corrected chi connectivity index (χ1v) is 10.0. The Kier molecular flexibility index (Phi) is 5.41. The fourth-order valence-electron chi connectivity index (χ4n) is 4.15. The van der Waals surface area contributed by atoms with Gasteiger partial charge >= 0.3 is 0 Å². The summed E-state index contributed by atoms with van der Waals surface area (Å²) in [5, 5.41) is 9.20. The first-order chi connectivity index (χ1) is 14.0. The number of β-amino-alcohol motifs (C(OH)–C–C–N with tert-alkyl or cyclic N) is 1. The number of nitrogens with zero attached hydrogens (tertiary/aromatic N) is 3. The predicted octanol–water partition coefficient (Wildman–Crippen LogP) is 2.83. The molecule has 2 aliphatic rings. The molecule has 7 heteroatoms. The monoisotopic (exact) mass is 399 g/mol. The lowest BCUT2D eigenvalue weighted by Gasteiger charge is -2.34. The summed E-state index contributed by atoms with van der Waals surface area (Å²) in [5.41, 5.74) is 3.49. The Morgan fingerprint density at radius 3 is 2.52 bits per heavy atom. The number of carbonyl (C=O) groups excluding carboxylic acids is 1. The van der Waals surface area contributed by atoms with Crippen molar-refractivity contribution in [1.29, 1.82) is 0 Å². The lowest BCUT2D eigenvalue weighted by Crippen LogP contribution is -2.39. The summed E-state index contributed by atoms with van der Waals surface area (Å²) in [4.78, 5) is 21.4. The summed E-state index contributed by atoms with van der Waals surface area (Å²) in [7, 11) is 0. The number of rotatable bonds is 5. The maximum absolute atomic E-state index is 13.1. The minimum absolute atomic E-state index is 0.0416. The van der Waals surface area contributed by atoms with Crippen molar-refractivity contribution < 1.29 is 19.0 Å². The van der Waals surface area contributed by atoms with Crippen LogP contribution in [0.5, 0.6) is 5.75 Å². The van der Waals surface area contributed by atoms with Crippen molar-refractivity contribution in [2.24, 2.45) is 0 Å². The molecule has 0 spiro atoms. The molecule has 0 atom stereocenters. The first kappa shape index (κ1) is 19.6. The van der Waals surface area contributed by atoms with Gasteiger partial charge in [-0.2, -0.15) is 0 Å². The highest BCUT2D eigenvalue weighted by molar-refractivity contribution is 6.00. The highest BCUT2D eigenvalue weighted by Crippen LogP contribution is 2.33. The Morgan fingerprint density at radius 1 is 1.17 bits per heavy atom. The first-order valence-electron chi connectivity index (χ1n) is 10.0. The van der Waals surface area contributed by atoms with Gasteiger partial charge in [-0.1, -0.05) is 0 Å². The van der Waals surface area contributed by atoms with Crippen molar-refractivity contribution in [2.45, 2.75) is 39.3 Å². The van der Waals surface area contributed by atoms with E-state index in [-0.39, 0.29) is 24.4 Å². The molecule has 0 saturated carbocycles. The van der Waals surface area contributed by atoms with Crippen molar-refractivity contribution in [3.05, 3.63) is 52.5 Å². The molecule has 2 aliphatic heterocycles. The Balaban J connectivity index is 1.46. The number of ether oxygens (including phenoxy) is 1. The van der Waals surface area contributed by atoms with Crippen LogP contribution in [0.3, 0.4) is 0 Å². The van der Waals surface area contributed by atoms with Gasteiger partial charge < -0.3 is 19.6 Å². The van der Waals surface area contributed by atoms with Crippen LogP contribution in [-0.4, -0.2) is 53.2 Å². The van der Waals surface area contributed by atoms with Gasteiger partial charge in [-0.3, -0.25) is 4.79 Å². The van der Waals surface area contributed by atoms with E-state index in [0.717, 1.165) is 48.6 Å². The maximum Gasteiger partial charge on any atom is 0.256 e. The molecule has 0 aliphatic carbocycles. The fourth-order valence-corrected chi connectivity index (χ4v) is 4.15. The number of aromatic nitrogens is 1. The largest absolute Gasteiger partial charge is 0.490 e. The number of hydrogen-bond donors (Lipinski definition) is 1. The van der Waals surface area contributed by atoms with Gasteiger partial charge in [-0.05, 0) is 49.2 Å². The highest BCUT2D eigenvalue weighted by atomic mass is 19.1. The number of carbonyl (C=O) groups is 1. The average Bonchev–Trinajstić information content (AvgIpc) is 3.03. The van der Waals surface area contributed by atoms with E-state index in [2.05, 4.69) is 4.90 Å². The molecule has 4 rings (SSSR count). The van der Waals surface area contributed by atoms with Gasteiger partial charge in [0, 0.05) is 32.5 Å². The summed E-state index contributed by atoms with van der Waals surface area (Å²) in [6.45, 7) is 6.35. The number of hydrogen-bond acceptors (Lipinski definition) is 5. The fraction of sp³-hybridized carbons (Fsp3) is 0.455.